The fraction of sp³-hybridized carbons (Fsp3) is 0.368. The third-order valence-electron chi connectivity index (χ3n) is 8.93. The van der Waals surface area contributed by atoms with Gasteiger partial charge in [0.15, 0.2) is 28.7 Å². The van der Waals surface area contributed by atoms with Gasteiger partial charge >= 0.3 is 11.9 Å². The van der Waals surface area contributed by atoms with Gasteiger partial charge in [-0.3, -0.25) is 23.7 Å². The molecule has 2 amide bonds. The lowest BCUT2D eigenvalue weighted by molar-refractivity contribution is -0.139. The number of sulfone groups is 1. The predicted octanol–water partition coefficient (Wildman–Crippen LogP) is 6.76. The molecule has 1 fully saturated rings. The van der Waals surface area contributed by atoms with Crippen molar-refractivity contribution in [3.63, 3.8) is 0 Å². The molecule has 2 heterocycles. The molecule has 3 aliphatic rings. The summed E-state index contributed by atoms with van der Waals surface area (Å²) in [6.07, 6.45) is 8.75. The molecule has 2 atom stereocenters. The molecule has 2 aromatic carbocycles. The number of hydrogen-bond acceptors (Lipinski definition) is 12. The summed E-state index contributed by atoms with van der Waals surface area (Å²) in [5, 5.41) is 12.4. The summed E-state index contributed by atoms with van der Waals surface area (Å²) >= 11 is 18.0. The van der Waals surface area contributed by atoms with Crippen LogP contribution < -0.4 is 10.6 Å². The van der Waals surface area contributed by atoms with Crippen LogP contribution in [0.25, 0.3) is 6.08 Å². The molecule has 1 saturated carbocycles. The smallest absolute Gasteiger partial charge is 0.349 e. The predicted molar refractivity (Wildman–Crippen MR) is 217 cm³/mol. The van der Waals surface area contributed by atoms with Crippen LogP contribution in [0.2, 0.25) is 10.0 Å². The first-order valence-electron chi connectivity index (χ1n) is 17.9. The number of ether oxygens (including phenoxy) is 1. The standard InChI is InChI=1S/C19H17Cl2NO4.C14H12ClNO4S.C5H12NO4P/c1-2-26-19(25)16(21)10-11-9-12(7-8-15(11)20)22-17(23)13-5-3-4-6-14(13)18(22)24;1-21(18,19)12-6-9(15)4-5-10(12)13(17)11-7-16-20-14(11)8-2-3-8;1-11(9,10)3-2-4(6)5(7)8/h7-10H,2-6H2,1H3;4-8H,2-3H2,1H3;4H,2-3,6H2,1H3,(H,7,8)(H,9,10)/b16-10-;;. The van der Waals surface area contributed by atoms with Crippen LogP contribution in [0.5, 0.6) is 0 Å². The zero-order chi connectivity index (χ0) is 43.1. The van der Waals surface area contributed by atoms with E-state index in [2.05, 4.69) is 5.16 Å². The van der Waals surface area contributed by atoms with E-state index in [1.807, 2.05) is 0 Å². The Bertz CT molecular complexity index is 2310. The third-order valence-corrected chi connectivity index (χ3v) is 12.0. The number of carbonyl (C=O) groups is 5. The highest BCUT2D eigenvalue weighted by Crippen LogP contribution is 2.42. The number of aromatic nitrogens is 1. The zero-order valence-corrected chi connectivity index (χ0v) is 35.6. The first-order valence-corrected chi connectivity index (χ1v) is 23.2. The Morgan fingerprint density at radius 2 is 1.69 bits per heavy atom. The summed E-state index contributed by atoms with van der Waals surface area (Å²) in [6, 6.07) is 7.91. The molecule has 1 aromatic heterocycles. The van der Waals surface area contributed by atoms with E-state index in [0.29, 0.717) is 51.6 Å². The van der Waals surface area contributed by atoms with Gasteiger partial charge in [-0.2, -0.15) is 0 Å². The Kier molecular flexibility index (Phi) is 15.8. The van der Waals surface area contributed by atoms with Gasteiger partial charge in [0.2, 0.25) is 0 Å². The second-order valence-corrected chi connectivity index (χ2v) is 19.4. The van der Waals surface area contributed by atoms with Gasteiger partial charge in [-0.25, -0.2) is 18.1 Å². The van der Waals surface area contributed by atoms with Crippen LogP contribution in [0.1, 0.15) is 85.0 Å². The van der Waals surface area contributed by atoms with Gasteiger partial charge in [-0.1, -0.05) is 40.0 Å². The van der Waals surface area contributed by atoms with Crippen molar-refractivity contribution in [3.05, 3.63) is 91.3 Å². The molecule has 0 saturated heterocycles. The summed E-state index contributed by atoms with van der Waals surface area (Å²) in [5.74, 6) is -2.03. The Balaban J connectivity index is 0.000000209. The van der Waals surface area contributed by atoms with Crippen molar-refractivity contribution >= 4 is 93.3 Å². The van der Waals surface area contributed by atoms with E-state index in [-0.39, 0.29) is 57.4 Å². The average Bonchev–Trinajstić information content (AvgIpc) is 3.83. The molecule has 2 unspecified atom stereocenters. The topological polar surface area (TPSA) is 242 Å². The van der Waals surface area contributed by atoms with Crippen LogP contribution >= 0.6 is 42.2 Å². The lowest BCUT2D eigenvalue weighted by Crippen LogP contribution is -2.31. The van der Waals surface area contributed by atoms with Crippen molar-refractivity contribution in [3.8, 4) is 0 Å². The van der Waals surface area contributed by atoms with Gasteiger partial charge < -0.3 is 25.0 Å². The summed E-state index contributed by atoms with van der Waals surface area (Å²) in [4.78, 5) is 69.6. The van der Waals surface area contributed by atoms with Crippen LogP contribution in [0, 0.1) is 0 Å². The maximum absolute atomic E-state index is 12.7. The summed E-state index contributed by atoms with van der Waals surface area (Å²) in [5.41, 5.74) is 7.55. The van der Waals surface area contributed by atoms with Crippen molar-refractivity contribution in [2.45, 2.75) is 68.7 Å². The van der Waals surface area contributed by atoms with Crippen molar-refractivity contribution in [1.29, 1.82) is 0 Å². The highest BCUT2D eigenvalue weighted by atomic mass is 35.5. The van der Waals surface area contributed by atoms with E-state index >= 15 is 0 Å². The average molecular weight is 901 g/mol. The molecule has 2 aliphatic carbocycles. The number of ketones is 1. The zero-order valence-electron chi connectivity index (χ0n) is 31.6. The molecule has 20 heteroatoms. The van der Waals surface area contributed by atoms with Crippen molar-refractivity contribution < 1.29 is 56.2 Å². The van der Waals surface area contributed by atoms with Crippen molar-refractivity contribution in [1.82, 2.24) is 5.16 Å². The fourth-order valence-electron chi connectivity index (χ4n) is 5.85. The molecule has 0 spiro atoms. The lowest BCUT2D eigenvalue weighted by atomic mass is 9.93. The fourth-order valence-corrected chi connectivity index (χ4v) is 8.09. The Morgan fingerprint density at radius 1 is 1.07 bits per heavy atom. The van der Waals surface area contributed by atoms with Gasteiger partial charge in [0.1, 0.15) is 11.1 Å². The number of nitrogens with two attached hydrogens (primary N) is 1. The lowest BCUT2D eigenvalue weighted by Gasteiger charge is -2.16. The van der Waals surface area contributed by atoms with Gasteiger partial charge in [0, 0.05) is 51.8 Å². The number of halogens is 3. The normalized spacial score (nSPS) is 17.0. The molecule has 6 rings (SSSR count). The molecular weight excluding hydrogens is 860 g/mol. The van der Waals surface area contributed by atoms with Crippen LogP contribution in [-0.4, -0.2) is 84.8 Å². The minimum absolute atomic E-state index is 0.0412. The van der Waals surface area contributed by atoms with E-state index < -0.39 is 41.0 Å². The maximum atomic E-state index is 12.7. The Morgan fingerprint density at radius 3 is 2.22 bits per heavy atom. The van der Waals surface area contributed by atoms with Crippen LogP contribution in [0.15, 0.2) is 68.2 Å². The third kappa shape index (κ3) is 12.2. The number of carboxylic acids is 1. The van der Waals surface area contributed by atoms with E-state index in [1.165, 1.54) is 42.0 Å². The van der Waals surface area contributed by atoms with E-state index in [1.54, 1.807) is 25.1 Å². The molecule has 0 radical (unpaired) electrons. The van der Waals surface area contributed by atoms with Crippen molar-refractivity contribution in [2.75, 3.05) is 30.6 Å². The molecule has 0 bridgehead atoms. The van der Waals surface area contributed by atoms with Gasteiger partial charge in [0.25, 0.3) is 11.8 Å². The largest absolute Gasteiger partial charge is 0.480 e. The molecular formula is C38H41Cl3N3O12PS. The van der Waals surface area contributed by atoms with Gasteiger partial charge in [-0.15, -0.1) is 0 Å². The van der Waals surface area contributed by atoms with Crippen LogP contribution in [0.4, 0.5) is 5.69 Å². The monoisotopic (exact) mass is 899 g/mol. The second-order valence-electron chi connectivity index (χ2n) is 13.7. The number of carboxylic acid groups (broad SMARTS) is 1. The second kappa shape index (κ2) is 19.7. The minimum atomic E-state index is -3.57. The number of imide groups is 1. The van der Waals surface area contributed by atoms with E-state index in [0.717, 1.165) is 31.9 Å². The van der Waals surface area contributed by atoms with Gasteiger partial charge in [-0.05, 0) is 99.9 Å². The summed E-state index contributed by atoms with van der Waals surface area (Å²) in [6.45, 7) is 3.06. The molecule has 4 N–H and O–H groups in total. The summed E-state index contributed by atoms with van der Waals surface area (Å²) < 4.78 is 44.3. The summed E-state index contributed by atoms with van der Waals surface area (Å²) in [7, 11) is -6.67. The number of anilines is 1. The SMILES string of the molecule is CCOC(=O)/C(Cl)=C/c1cc(N2C(=O)C3=C(CCCC3)C2=O)ccc1Cl.CP(=O)(O)CCC(N)C(=O)O.CS(=O)(=O)c1cc(Cl)ccc1C(=O)c1cnoc1C1CC1. The Hall–Kier alpha value is -4.15. The van der Waals surface area contributed by atoms with Crippen LogP contribution in [-0.2, 0) is 38.3 Å². The minimum Gasteiger partial charge on any atom is -0.480 e. The van der Waals surface area contributed by atoms with E-state index in [9.17, 15) is 37.0 Å². The quantitative estimate of drug-likeness (QED) is 0.0560. The first kappa shape index (κ1) is 46.5. The number of hydrogen-bond donors (Lipinski definition) is 3. The molecule has 3 aromatic rings. The highest BCUT2D eigenvalue weighted by Gasteiger charge is 2.40. The number of aliphatic carboxylic acids is 1. The molecule has 15 nitrogen and oxygen atoms in total. The van der Waals surface area contributed by atoms with Gasteiger partial charge in [0.05, 0.1) is 29.0 Å². The number of carbonyl (C=O) groups excluding carboxylic acids is 4. The molecule has 1 aliphatic heterocycles. The number of amides is 2. The van der Waals surface area contributed by atoms with Crippen LogP contribution in [0.3, 0.4) is 0 Å². The number of rotatable bonds is 12. The van der Waals surface area contributed by atoms with E-state index in [4.69, 9.17) is 59.8 Å². The first-order chi connectivity index (χ1) is 27.1. The molecule has 58 heavy (non-hydrogen) atoms. The number of esters is 1. The number of benzene rings is 2. The van der Waals surface area contributed by atoms with Crippen molar-refractivity contribution in [2.24, 2.45) is 5.73 Å². The maximum Gasteiger partial charge on any atom is 0.349 e. The number of nitrogens with zero attached hydrogens (tertiary/aromatic N) is 2. The Labute approximate surface area is 349 Å². The highest BCUT2D eigenvalue weighted by molar-refractivity contribution is 7.90. The molecule has 312 valence electrons.